The van der Waals surface area contributed by atoms with Gasteiger partial charge in [-0.2, -0.15) is 0 Å². The van der Waals surface area contributed by atoms with Gasteiger partial charge in [-0.05, 0) is 49.4 Å². The second kappa shape index (κ2) is 6.31. The fraction of sp³-hybridized carbons (Fsp3) is 0.571. The SMILES string of the molecule is CCC1CCC(N)C(S(=O)c2ccc(Br)cc2)C1. The van der Waals surface area contributed by atoms with Crippen LogP contribution in [0.4, 0.5) is 0 Å². The highest BCUT2D eigenvalue weighted by molar-refractivity contribution is 9.10. The molecule has 1 aromatic carbocycles. The maximum absolute atomic E-state index is 12.6. The minimum Gasteiger partial charge on any atom is -0.327 e. The average Bonchev–Trinajstić information content (AvgIpc) is 2.39. The second-order valence-electron chi connectivity index (χ2n) is 5.04. The number of benzene rings is 1. The Balaban J connectivity index is 2.13. The predicted octanol–water partition coefficient (Wildman–Crippen LogP) is 3.46. The van der Waals surface area contributed by atoms with Crippen molar-refractivity contribution in [1.82, 2.24) is 0 Å². The molecule has 0 bridgehead atoms. The Labute approximate surface area is 120 Å². The van der Waals surface area contributed by atoms with Crippen LogP contribution in [-0.4, -0.2) is 15.5 Å². The van der Waals surface area contributed by atoms with Crippen LogP contribution in [0.15, 0.2) is 33.6 Å². The first-order valence-electron chi connectivity index (χ1n) is 6.53. The summed E-state index contributed by atoms with van der Waals surface area (Å²) < 4.78 is 13.6. The van der Waals surface area contributed by atoms with Crippen molar-refractivity contribution in [1.29, 1.82) is 0 Å². The van der Waals surface area contributed by atoms with Gasteiger partial charge >= 0.3 is 0 Å². The van der Waals surface area contributed by atoms with Crippen LogP contribution in [0.5, 0.6) is 0 Å². The molecule has 0 saturated heterocycles. The molecule has 0 radical (unpaired) electrons. The summed E-state index contributed by atoms with van der Waals surface area (Å²) in [5.41, 5.74) is 6.16. The number of hydrogen-bond acceptors (Lipinski definition) is 2. The average molecular weight is 330 g/mol. The molecule has 4 atom stereocenters. The number of nitrogens with two attached hydrogens (primary N) is 1. The topological polar surface area (TPSA) is 43.1 Å². The van der Waals surface area contributed by atoms with Gasteiger partial charge in [-0.3, -0.25) is 4.21 Å². The van der Waals surface area contributed by atoms with E-state index in [-0.39, 0.29) is 11.3 Å². The summed E-state index contributed by atoms with van der Waals surface area (Å²) in [4.78, 5) is 0.899. The molecule has 0 heterocycles. The molecule has 1 saturated carbocycles. The number of hydrogen-bond donors (Lipinski definition) is 1. The molecule has 0 aliphatic heterocycles. The van der Waals surface area contributed by atoms with Crippen molar-refractivity contribution >= 4 is 26.7 Å². The van der Waals surface area contributed by atoms with E-state index in [0.717, 1.165) is 22.2 Å². The standard InChI is InChI=1S/C14H20BrNOS/c1-2-10-3-8-13(16)14(9-10)18(17)12-6-4-11(15)5-7-12/h4-7,10,13-14H,2-3,8-9,16H2,1H3. The number of rotatable bonds is 3. The van der Waals surface area contributed by atoms with Crippen LogP contribution in [0.1, 0.15) is 32.6 Å². The molecule has 0 amide bonds. The lowest BCUT2D eigenvalue weighted by molar-refractivity contribution is 0.324. The normalized spacial score (nSPS) is 30.1. The van der Waals surface area contributed by atoms with E-state index in [0.29, 0.717) is 5.92 Å². The molecular formula is C14H20BrNOS. The lowest BCUT2D eigenvalue weighted by Crippen LogP contribution is -2.42. The summed E-state index contributed by atoms with van der Waals surface area (Å²) in [5.74, 6) is 0.689. The zero-order valence-corrected chi connectivity index (χ0v) is 13.0. The van der Waals surface area contributed by atoms with E-state index in [9.17, 15) is 4.21 Å². The van der Waals surface area contributed by atoms with E-state index in [2.05, 4.69) is 22.9 Å². The van der Waals surface area contributed by atoms with Gasteiger partial charge in [0.2, 0.25) is 0 Å². The monoisotopic (exact) mass is 329 g/mol. The first kappa shape index (κ1) is 14.2. The van der Waals surface area contributed by atoms with Crippen LogP contribution in [-0.2, 0) is 10.8 Å². The molecule has 0 spiro atoms. The summed E-state index contributed by atoms with van der Waals surface area (Å²) in [6.07, 6.45) is 4.36. The van der Waals surface area contributed by atoms with Crippen molar-refractivity contribution in [3.8, 4) is 0 Å². The highest BCUT2D eigenvalue weighted by Gasteiger charge is 2.32. The molecule has 4 unspecified atom stereocenters. The van der Waals surface area contributed by atoms with Gasteiger partial charge in [0.25, 0.3) is 0 Å². The summed E-state index contributed by atoms with van der Waals surface area (Å²) in [6.45, 7) is 2.21. The van der Waals surface area contributed by atoms with Crippen molar-refractivity contribution in [2.24, 2.45) is 11.7 Å². The Bertz CT molecular complexity index is 420. The van der Waals surface area contributed by atoms with Gasteiger partial charge in [-0.15, -0.1) is 0 Å². The Morgan fingerprint density at radius 2 is 2.00 bits per heavy atom. The van der Waals surface area contributed by atoms with Crippen LogP contribution in [0, 0.1) is 5.92 Å². The van der Waals surface area contributed by atoms with Crippen LogP contribution in [0.25, 0.3) is 0 Å². The number of halogens is 1. The zero-order valence-electron chi connectivity index (χ0n) is 10.6. The molecule has 0 aromatic heterocycles. The van der Waals surface area contributed by atoms with E-state index >= 15 is 0 Å². The summed E-state index contributed by atoms with van der Waals surface area (Å²) in [5, 5.41) is 0.116. The van der Waals surface area contributed by atoms with Crippen molar-refractivity contribution in [2.45, 2.75) is 48.8 Å². The third-order valence-electron chi connectivity index (χ3n) is 3.85. The highest BCUT2D eigenvalue weighted by atomic mass is 79.9. The van der Waals surface area contributed by atoms with Gasteiger partial charge in [-0.1, -0.05) is 29.3 Å². The van der Waals surface area contributed by atoms with Gasteiger partial charge in [-0.25, -0.2) is 0 Å². The Hall–Kier alpha value is -0.190. The van der Waals surface area contributed by atoms with Gasteiger partial charge < -0.3 is 5.73 Å². The van der Waals surface area contributed by atoms with Crippen molar-refractivity contribution in [3.63, 3.8) is 0 Å². The van der Waals surface area contributed by atoms with Gasteiger partial charge in [0.05, 0.1) is 16.0 Å². The largest absolute Gasteiger partial charge is 0.327 e. The van der Waals surface area contributed by atoms with E-state index in [1.807, 2.05) is 24.3 Å². The Kier molecular flexibility index (Phi) is 4.98. The minimum atomic E-state index is -0.976. The molecule has 1 aliphatic carbocycles. The maximum atomic E-state index is 12.6. The summed E-state index contributed by atoms with van der Waals surface area (Å²) in [6, 6.07) is 7.83. The van der Waals surface area contributed by atoms with E-state index < -0.39 is 10.8 Å². The first-order valence-corrected chi connectivity index (χ1v) is 8.54. The van der Waals surface area contributed by atoms with Gasteiger partial charge in [0.1, 0.15) is 0 Å². The minimum absolute atomic E-state index is 0.0808. The summed E-state index contributed by atoms with van der Waals surface area (Å²) in [7, 11) is -0.976. The molecule has 1 aromatic rings. The molecule has 100 valence electrons. The van der Waals surface area contributed by atoms with Crippen LogP contribution in [0.2, 0.25) is 0 Å². The fourth-order valence-corrected chi connectivity index (χ4v) is 4.51. The molecule has 18 heavy (non-hydrogen) atoms. The molecule has 2 N–H and O–H groups in total. The third kappa shape index (κ3) is 3.22. The van der Waals surface area contributed by atoms with E-state index in [4.69, 9.17) is 5.73 Å². The molecular weight excluding hydrogens is 310 g/mol. The molecule has 1 aliphatic rings. The van der Waals surface area contributed by atoms with Gasteiger partial charge in [0.15, 0.2) is 0 Å². The predicted molar refractivity (Wildman–Crippen MR) is 79.9 cm³/mol. The third-order valence-corrected chi connectivity index (χ3v) is 6.21. The zero-order chi connectivity index (χ0) is 13.1. The van der Waals surface area contributed by atoms with Crippen LogP contribution >= 0.6 is 15.9 Å². The highest BCUT2D eigenvalue weighted by Crippen LogP contribution is 2.31. The molecule has 2 nitrogen and oxygen atoms in total. The molecule has 2 rings (SSSR count). The van der Waals surface area contributed by atoms with Gasteiger partial charge in [0, 0.05) is 15.4 Å². The lowest BCUT2D eigenvalue weighted by Gasteiger charge is -2.33. The fourth-order valence-electron chi connectivity index (χ4n) is 2.60. The quantitative estimate of drug-likeness (QED) is 0.922. The maximum Gasteiger partial charge on any atom is 0.0576 e. The van der Waals surface area contributed by atoms with E-state index in [1.54, 1.807) is 0 Å². The molecule has 4 heteroatoms. The smallest absolute Gasteiger partial charge is 0.0576 e. The van der Waals surface area contributed by atoms with Crippen molar-refractivity contribution in [3.05, 3.63) is 28.7 Å². The first-order chi connectivity index (χ1) is 8.61. The summed E-state index contributed by atoms with van der Waals surface area (Å²) >= 11 is 3.40. The van der Waals surface area contributed by atoms with Crippen molar-refractivity contribution < 1.29 is 4.21 Å². The second-order valence-corrected chi connectivity index (χ2v) is 7.63. The Morgan fingerprint density at radius 3 is 2.61 bits per heavy atom. The lowest BCUT2D eigenvalue weighted by atomic mass is 9.84. The Morgan fingerprint density at radius 1 is 1.33 bits per heavy atom. The van der Waals surface area contributed by atoms with E-state index in [1.165, 1.54) is 12.8 Å². The molecule has 1 fully saturated rings. The van der Waals surface area contributed by atoms with Crippen molar-refractivity contribution in [2.75, 3.05) is 0 Å². The van der Waals surface area contributed by atoms with Crippen LogP contribution < -0.4 is 5.73 Å². The van der Waals surface area contributed by atoms with Crippen LogP contribution in [0.3, 0.4) is 0 Å².